The fourth-order valence-corrected chi connectivity index (χ4v) is 4.13. The van der Waals surface area contributed by atoms with E-state index < -0.39 is 0 Å². The molecule has 1 unspecified atom stereocenters. The molecule has 7 heteroatoms. The van der Waals surface area contributed by atoms with Gasteiger partial charge in [-0.05, 0) is 66.3 Å². The summed E-state index contributed by atoms with van der Waals surface area (Å²) in [7, 11) is 0. The lowest BCUT2D eigenvalue weighted by molar-refractivity contribution is 0.298. The predicted octanol–water partition coefficient (Wildman–Crippen LogP) is 5.72. The molecule has 0 amide bonds. The molecule has 0 spiro atoms. The normalized spacial score (nSPS) is 11.9. The lowest BCUT2D eigenvalue weighted by Crippen LogP contribution is -2.03. The van der Waals surface area contributed by atoms with Crippen LogP contribution in [0.3, 0.4) is 0 Å². The SMILES string of the molecule is CC(CCc1nn[nH]n1)Cc1cccc(OCc2ccc(OCc3ccc4ccccc4n3)cc2)c1. The Labute approximate surface area is 210 Å². The molecule has 0 fully saturated rings. The molecule has 36 heavy (non-hydrogen) atoms. The summed E-state index contributed by atoms with van der Waals surface area (Å²) in [6, 6.07) is 28.5. The quantitative estimate of drug-likeness (QED) is 0.261. The van der Waals surface area contributed by atoms with E-state index in [1.807, 2.05) is 60.7 Å². The van der Waals surface area contributed by atoms with E-state index >= 15 is 0 Å². The molecule has 0 aliphatic carbocycles. The number of fused-ring (bicyclic) bond motifs is 1. The summed E-state index contributed by atoms with van der Waals surface area (Å²) in [6.45, 7) is 3.18. The van der Waals surface area contributed by atoms with Crippen molar-refractivity contribution < 1.29 is 9.47 Å². The summed E-state index contributed by atoms with van der Waals surface area (Å²) in [4.78, 5) is 4.66. The van der Waals surface area contributed by atoms with Crippen LogP contribution < -0.4 is 9.47 Å². The zero-order chi connectivity index (χ0) is 24.6. The fourth-order valence-electron chi connectivity index (χ4n) is 4.13. The minimum Gasteiger partial charge on any atom is -0.489 e. The van der Waals surface area contributed by atoms with Crippen LogP contribution in [0.5, 0.6) is 11.5 Å². The van der Waals surface area contributed by atoms with Crippen molar-refractivity contribution in [2.45, 2.75) is 39.4 Å². The zero-order valence-corrected chi connectivity index (χ0v) is 20.3. The Morgan fingerprint density at radius 2 is 1.67 bits per heavy atom. The topological polar surface area (TPSA) is 85.8 Å². The minimum atomic E-state index is 0.432. The molecule has 7 nitrogen and oxygen atoms in total. The number of aryl methyl sites for hydroxylation is 1. The summed E-state index contributed by atoms with van der Waals surface area (Å²) in [5.41, 5.74) is 4.24. The van der Waals surface area contributed by atoms with Gasteiger partial charge in [-0.25, -0.2) is 4.98 Å². The van der Waals surface area contributed by atoms with Crippen LogP contribution in [0.2, 0.25) is 0 Å². The van der Waals surface area contributed by atoms with Crippen molar-refractivity contribution in [1.82, 2.24) is 25.6 Å². The number of para-hydroxylation sites is 1. The first kappa shape index (κ1) is 23.5. The zero-order valence-electron chi connectivity index (χ0n) is 20.3. The predicted molar refractivity (Wildman–Crippen MR) is 139 cm³/mol. The van der Waals surface area contributed by atoms with Crippen molar-refractivity contribution in [2.75, 3.05) is 0 Å². The number of benzene rings is 3. The van der Waals surface area contributed by atoms with E-state index in [2.05, 4.69) is 56.8 Å². The molecule has 0 saturated heterocycles. The average Bonchev–Trinajstić information content (AvgIpc) is 3.44. The third-order valence-corrected chi connectivity index (χ3v) is 6.10. The first-order valence-electron chi connectivity index (χ1n) is 12.2. The molecule has 2 aromatic heterocycles. The smallest absolute Gasteiger partial charge is 0.174 e. The Morgan fingerprint density at radius 1 is 0.806 bits per heavy atom. The number of aromatic nitrogens is 5. The maximum Gasteiger partial charge on any atom is 0.174 e. The highest BCUT2D eigenvalue weighted by atomic mass is 16.5. The molecule has 0 bridgehead atoms. The first-order chi connectivity index (χ1) is 17.7. The number of aromatic amines is 1. The maximum absolute atomic E-state index is 6.06. The molecule has 0 aliphatic heterocycles. The van der Waals surface area contributed by atoms with E-state index in [9.17, 15) is 0 Å². The van der Waals surface area contributed by atoms with E-state index in [0.29, 0.717) is 19.1 Å². The minimum absolute atomic E-state index is 0.432. The molecule has 0 radical (unpaired) electrons. The Bertz CT molecular complexity index is 1390. The number of ether oxygens (including phenoxy) is 2. The van der Waals surface area contributed by atoms with Gasteiger partial charge in [-0.2, -0.15) is 5.21 Å². The van der Waals surface area contributed by atoms with Crippen LogP contribution in [0.15, 0.2) is 84.9 Å². The van der Waals surface area contributed by atoms with Crippen LogP contribution in [0.25, 0.3) is 10.9 Å². The molecular weight excluding hydrogens is 450 g/mol. The highest BCUT2D eigenvalue weighted by Crippen LogP contribution is 2.21. The van der Waals surface area contributed by atoms with Crippen molar-refractivity contribution in [3.63, 3.8) is 0 Å². The third-order valence-electron chi connectivity index (χ3n) is 6.10. The monoisotopic (exact) mass is 479 g/mol. The summed E-state index contributed by atoms with van der Waals surface area (Å²) in [5.74, 6) is 2.96. The van der Waals surface area contributed by atoms with Gasteiger partial charge in [0, 0.05) is 11.8 Å². The third kappa shape index (κ3) is 6.44. The molecule has 1 N–H and O–H groups in total. The van der Waals surface area contributed by atoms with Crippen LogP contribution in [0, 0.1) is 5.92 Å². The van der Waals surface area contributed by atoms with Crippen molar-refractivity contribution >= 4 is 10.9 Å². The molecule has 2 heterocycles. The number of rotatable bonds is 11. The van der Waals surface area contributed by atoms with Crippen molar-refractivity contribution in [2.24, 2.45) is 5.92 Å². The van der Waals surface area contributed by atoms with Gasteiger partial charge in [0.2, 0.25) is 0 Å². The van der Waals surface area contributed by atoms with Gasteiger partial charge in [-0.15, -0.1) is 10.2 Å². The van der Waals surface area contributed by atoms with Crippen LogP contribution in [0.4, 0.5) is 0 Å². The molecule has 0 saturated carbocycles. The lowest BCUT2D eigenvalue weighted by atomic mass is 9.96. The molecule has 0 aliphatic rings. The number of tetrazole rings is 1. The van der Waals surface area contributed by atoms with Gasteiger partial charge in [-0.1, -0.05) is 60.7 Å². The number of nitrogens with one attached hydrogen (secondary N) is 1. The van der Waals surface area contributed by atoms with Crippen molar-refractivity contribution in [3.05, 3.63) is 108 Å². The van der Waals surface area contributed by atoms with Crippen molar-refractivity contribution in [1.29, 1.82) is 0 Å². The molecule has 5 rings (SSSR count). The van der Waals surface area contributed by atoms with Crippen LogP contribution in [0.1, 0.15) is 36.0 Å². The standard InChI is InChI=1S/C29H29N5O2/c1-21(9-16-29-31-33-34-32-29)17-23-5-4-7-27(18-23)35-19-22-10-14-26(15-11-22)36-20-25-13-12-24-6-2-3-8-28(24)30-25/h2-8,10-15,18,21H,9,16-17,19-20H2,1H3,(H,31,32,33,34). The molecule has 5 aromatic rings. The van der Waals surface area contributed by atoms with Gasteiger partial charge >= 0.3 is 0 Å². The molecular formula is C29H29N5O2. The Balaban J connectivity index is 1.09. The van der Waals surface area contributed by atoms with Gasteiger partial charge in [-0.3, -0.25) is 0 Å². The molecule has 182 valence electrons. The summed E-state index contributed by atoms with van der Waals surface area (Å²) in [5, 5.41) is 15.3. The van der Waals surface area contributed by atoms with Crippen LogP contribution in [-0.2, 0) is 26.1 Å². The van der Waals surface area contributed by atoms with Gasteiger partial charge in [0.15, 0.2) is 5.82 Å². The average molecular weight is 480 g/mol. The van der Waals surface area contributed by atoms with Gasteiger partial charge < -0.3 is 9.47 Å². The number of pyridine rings is 1. The highest BCUT2D eigenvalue weighted by Gasteiger charge is 2.08. The Kier molecular flexibility index (Phi) is 7.46. The second-order valence-electron chi connectivity index (χ2n) is 9.04. The number of H-pyrrole nitrogens is 1. The lowest BCUT2D eigenvalue weighted by Gasteiger charge is -2.12. The van der Waals surface area contributed by atoms with E-state index in [-0.39, 0.29) is 0 Å². The fraction of sp³-hybridized carbons (Fsp3) is 0.241. The van der Waals surface area contributed by atoms with Crippen LogP contribution in [-0.4, -0.2) is 25.6 Å². The Hall–Kier alpha value is -4.26. The van der Waals surface area contributed by atoms with Gasteiger partial charge in [0.05, 0.1) is 11.2 Å². The number of hydrogen-bond acceptors (Lipinski definition) is 6. The summed E-state index contributed by atoms with van der Waals surface area (Å²) < 4.78 is 12.0. The van der Waals surface area contributed by atoms with Gasteiger partial charge in [0.25, 0.3) is 0 Å². The Morgan fingerprint density at radius 3 is 2.53 bits per heavy atom. The second kappa shape index (κ2) is 11.4. The van der Waals surface area contributed by atoms with Crippen molar-refractivity contribution in [3.8, 4) is 11.5 Å². The molecule has 1 atom stereocenters. The summed E-state index contributed by atoms with van der Waals surface area (Å²) >= 11 is 0. The van der Waals surface area contributed by atoms with Crippen LogP contribution >= 0.6 is 0 Å². The highest BCUT2D eigenvalue weighted by molar-refractivity contribution is 5.78. The number of nitrogens with zero attached hydrogens (tertiary/aromatic N) is 4. The molecule has 3 aromatic carbocycles. The summed E-state index contributed by atoms with van der Waals surface area (Å²) in [6.07, 6.45) is 2.81. The van der Waals surface area contributed by atoms with E-state index in [1.54, 1.807) is 0 Å². The van der Waals surface area contributed by atoms with Gasteiger partial charge in [0.1, 0.15) is 24.7 Å². The second-order valence-corrected chi connectivity index (χ2v) is 9.04. The number of hydrogen-bond donors (Lipinski definition) is 1. The van der Waals surface area contributed by atoms with E-state index in [4.69, 9.17) is 9.47 Å². The maximum atomic E-state index is 6.06. The van der Waals surface area contributed by atoms with E-state index in [0.717, 1.165) is 58.7 Å². The first-order valence-corrected chi connectivity index (χ1v) is 12.2. The van der Waals surface area contributed by atoms with E-state index in [1.165, 1.54) is 5.56 Å². The largest absolute Gasteiger partial charge is 0.489 e.